The maximum absolute atomic E-state index is 11.9. The average molecular weight is 512 g/mol. The normalized spacial score (nSPS) is 20.0. The van der Waals surface area contributed by atoms with Crippen LogP contribution in [0.25, 0.3) is 17.3 Å². The van der Waals surface area contributed by atoms with E-state index >= 15 is 0 Å². The first-order valence-corrected chi connectivity index (χ1v) is 13.3. The summed E-state index contributed by atoms with van der Waals surface area (Å²) in [6, 6.07) is 10.2. The fourth-order valence-electron chi connectivity index (χ4n) is 5.41. The first kappa shape index (κ1) is 24.5. The molecular weight excluding hydrogens is 478 g/mol. The molecule has 3 aromatic rings. The van der Waals surface area contributed by atoms with E-state index in [-0.39, 0.29) is 0 Å². The molecule has 0 radical (unpaired) electrons. The Morgan fingerprint density at radius 3 is 2.50 bits per heavy atom. The van der Waals surface area contributed by atoms with Gasteiger partial charge in [-0.2, -0.15) is 0 Å². The molecule has 6 rings (SSSR count). The minimum atomic E-state index is -0.475. The molecule has 1 atom stereocenters. The molecule has 3 aliphatic heterocycles. The van der Waals surface area contributed by atoms with Gasteiger partial charge in [-0.05, 0) is 80.5 Å². The van der Waals surface area contributed by atoms with Crippen LogP contribution in [0.2, 0.25) is 0 Å². The molecule has 1 unspecified atom stereocenters. The SMILES string of the molecule is CN1CCC(c2ccc(Nc3nc(-c4cnc(N5CCOCC5)nc4)cc4c3C(C=O)NC=C4)cc2)CC1. The van der Waals surface area contributed by atoms with Gasteiger partial charge in [-0.25, -0.2) is 15.0 Å². The maximum atomic E-state index is 11.9. The summed E-state index contributed by atoms with van der Waals surface area (Å²) in [5, 5.41) is 6.63. The molecular formula is C29H33N7O2. The standard InChI is InChI=1S/C29H33N7O2/c1-35-10-7-21(8-11-35)20-2-4-24(5-3-20)33-28-27-22(6-9-30-26(27)19-37)16-25(34-28)23-17-31-29(32-18-23)36-12-14-38-15-13-36/h2-6,9,16-19,21,26,30H,7-8,10-15H2,1H3,(H,33,34). The first-order chi connectivity index (χ1) is 18.7. The van der Waals surface area contributed by atoms with Crippen molar-refractivity contribution in [2.75, 3.05) is 56.7 Å². The molecule has 2 fully saturated rings. The van der Waals surface area contributed by atoms with Crippen molar-refractivity contribution in [3.8, 4) is 11.3 Å². The largest absolute Gasteiger partial charge is 0.378 e. The number of anilines is 3. The zero-order valence-electron chi connectivity index (χ0n) is 21.6. The summed E-state index contributed by atoms with van der Waals surface area (Å²) >= 11 is 0. The number of hydrogen-bond acceptors (Lipinski definition) is 9. The summed E-state index contributed by atoms with van der Waals surface area (Å²) in [6.07, 6.45) is 10.7. The van der Waals surface area contributed by atoms with Crippen LogP contribution in [0.3, 0.4) is 0 Å². The number of piperidine rings is 1. The summed E-state index contributed by atoms with van der Waals surface area (Å²) in [5.74, 6) is 1.95. The van der Waals surface area contributed by atoms with E-state index in [0.29, 0.717) is 30.9 Å². The lowest BCUT2D eigenvalue weighted by atomic mass is 9.89. The van der Waals surface area contributed by atoms with Gasteiger partial charge in [-0.15, -0.1) is 0 Å². The Labute approximate surface area is 223 Å². The number of rotatable bonds is 6. The van der Waals surface area contributed by atoms with Crippen LogP contribution < -0.4 is 15.5 Å². The van der Waals surface area contributed by atoms with Crippen LogP contribution in [0.4, 0.5) is 17.5 Å². The highest BCUT2D eigenvalue weighted by atomic mass is 16.5. The Bertz CT molecular complexity index is 1300. The second-order valence-electron chi connectivity index (χ2n) is 10.2. The third kappa shape index (κ3) is 5.12. The number of fused-ring (bicyclic) bond motifs is 1. The maximum Gasteiger partial charge on any atom is 0.225 e. The number of nitrogens with one attached hydrogen (secondary N) is 2. The molecule has 0 aliphatic carbocycles. The monoisotopic (exact) mass is 511 g/mol. The molecule has 2 N–H and O–H groups in total. The van der Waals surface area contributed by atoms with Crippen LogP contribution in [-0.2, 0) is 9.53 Å². The molecule has 9 nitrogen and oxygen atoms in total. The summed E-state index contributed by atoms with van der Waals surface area (Å²) < 4.78 is 5.44. The van der Waals surface area contributed by atoms with Gasteiger partial charge in [0.25, 0.3) is 0 Å². The van der Waals surface area contributed by atoms with Crippen molar-refractivity contribution in [1.82, 2.24) is 25.2 Å². The number of aromatic nitrogens is 3. The second-order valence-corrected chi connectivity index (χ2v) is 10.2. The highest BCUT2D eigenvalue weighted by Gasteiger charge is 2.24. The number of pyridine rings is 1. The first-order valence-electron chi connectivity index (χ1n) is 13.3. The summed E-state index contributed by atoms with van der Waals surface area (Å²) in [7, 11) is 2.19. The van der Waals surface area contributed by atoms with Crippen LogP contribution in [0.15, 0.2) is 48.9 Å². The molecule has 0 saturated carbocycles. The van der Waals surface area contributed by atoms with Crippen LogP contribution in [0.1, 0.15) is 41.5 Å². The third-order valence-corrected chi connectivity index (χ3v) is 7.67. The summed E-state index contributed by atoms with van der Waals surface area (Å²) in [6.45, 7) is 5.21. The lowest BCUT2D eigenvalue weighted by molar-refractivity contribution is -0.109. The Hall–Kier alpha value is -3.82. The number of hydrogen-bond donors (Lipinski definition) is 2. The fourth-order valence-corrected chi connectivity index (χ4v) is 5.41. The Morgan fingerprint density at radius 2 is 1.79 bits per heavy atom. The van der Waals surface area contributed by atoms with Gasteiger partial charge in [-0.3, -0.25) is 0 Å². The third-order valence-electron chi connectivity index (χ3n) is 7.67. The van der Waals surface area contributed by atoms with E-state index in [2.05, 4.69) is 61.7 Å². The number of morpholine rings is 1. The predicted molar refractivity (Wildman–Crippen MR) is 148 cm³/mol. The zero-order chi connectivity index (χ0) is 25.9. The van der Waals surface area contributed by atoms with Crippen molar-refractivity contribution in [3.05, 3.63) is 65.6 Å². The van der Waals surface area contributed by atoms with Crippen molar-refractivity contribution < 1.29 is 9.53 Å². The Morgan fingerprint density at radius 1 is 1.05 bits per heavy atom. The fraction of sp³-hybridized carbons (Fsp3) is 0.379. The topological polar surface area (TPSA) is 95.5 Å². The lowest BCUT2D eigenvalue weighted by Crippen LogP contribution is -2.37. The van der Waals surface area contributed by atoms with E-state index in [1.807, 2.05) is 30.7 Å². The summed E-state index contributed by atoms with van der Waals surface area (Å²) in [5.41, 5.74) is 5.65. The molecule has 38 heavy (non-hydrogen) atoms. The Kier molecular flexibility index (Phi) is 7.02. The van der Waals surface area contributed by atoms with Gasteiger partial charge in [0, 0.05) is 42.3 Å². The summed E-state index contributed by atoms with van der Waals surface area (Å²) in [4.78, 5) is 30.6. The van der Waals surface area contributed by atoms with Crippen LogP contribution >= 0.6 is 0 Å². The van der Waals surface area contributed by atoms with E-state index < -0.39 is 6.04 Å². The van der Waals surface area contributed by atoms with E-state index in [4.69, 9.17) is 9.72 Å². The highest BCUT2D eigenvalue weighted by molar-refractivity contribution is 5.79. The van der Waals surface area contributed by atoms with E-state index in [1.54, 1.807) is 0 Å². The van der Waals surface area contributed by atoms with E-state index in [0.717, 1.165) is 60.5 Å². The van der Waals surface area contributed by atoms with Crippen molar-refractivity contribution in [2.45, 2.75) is 24.8 Å². The Balaban J connectivity index is 1.29. The number of likely N-dealkylation sites (tertiary alicyclic amines) is 1. The average Bonchev–Trinajstić information content (AvgIpc) is 2.98. The zero-order valence-corrected chi connectivity index (χ0v) is 21.6. The van der Waals surface area contributed by atoms with Crippen LogP contribution in [0.5, 0.6) is 0 Å². The molecule has 0 spiro atoms. The molecule has 9 heteroatoms. The van der Waals surface area contributed by atoms with Gasteiger partial charge in [0.1, 0.15) is 18.1 Å². The van der Waals surface area contributed by atoms with Gasteiger partial charge in [0.2, 0.25) is 5.95 Å². The number of nitrogens with zero attached hydrogens (tertiary/aromatic N) is 5. The van der Waals surface area contributed by atoms with Gasteiger partial charge in [0.05, 0.1) is 18.9 Å². The highest BCUT2D eigenvalue weighted by Crippen LogP contribution is 2.35. The molecule has 0 bridgehead atoms. The molecule has 3 aliphatic rings. The number of aldehydes is 1. The van der Waals surface area contributed by atoms with Gasteiger partial charge >= 0.3 is 0 Å². The van der Waals surface area contributed by atoms with Crippen LogP contribution in [0, 0.1) is 0 Å². The van der Waals surface area contributed by atoms with Gasteiger partial charge in [-0.1, -0.05) is 12.1 Å². The molecule has 196 valence electrons. The predicted octanol–water partition coefficient (Wildman–Crippen LogP) is 3.74. The molecule has 5 heterocycles. The number of carbonyl (C=O) groups is 1. The number of benzene rings is 1. The van der Waals surface area contributed by atoms with E-state index in [1.165, 1.54) is 18.4 Å². The van der Waals surface area contributed by atoms with Crippen molar-refractivity contribution >= 4 is 29.8 Å². The minimum Gasteiger partial charge on any atom is -0.378 e. The van der Waals surface area contributed by atoms with Gasteiger partial charge < -0.3 is 30.0 Å². The minimum absolute atomic E-state index is 0.475. The lowest BCUT2D eigenvalue weighted by Gasteiger charge is -2.29. The number of carbonyl (C=O) groups excluding carboxylic acids is 1. The second kappa shape index (κ2) is 10.9. The molecule has 2 saturated heterocycles. The van der Waals surface area contributed by atoms with Crippen molar-refractivity contribution in [3.63, 3.8) is 0 Å². The van der Waals surface area contributed by atoms with Crippen LogP contribution in [-0.4, -0.2) is 72.6 Å². The quantitative estimate of drug-likeness (QED) is 0.480. The molecule has 1 aromatic carbocycles. The van der Waals surface area contributed by atoms with Crippen molar-refractivity contribution in [2.24, 2.45) is 0 Å². The smallest absolute Gasteiger partial charge is 0.225 e. The van der Waals surface area contributed by atoms with Crippen molar-refractivity contribution in [1.29, 1.82) is 0 Å². The molecule has 2 aromatic heterocycles. The van der Waals surface area contributed by atoms with Gasteiger partial charge in [0.15, 0.2) is 0 Å². The number of ether oxygens (including phenoxy) is 1. The van der Waals surface area contributed by atoms with E-state index in [9.17, 15) is 4.79 Å². The molecule has 0 amide bonds.